The Balaban J connectivity index is 2.66. The molecule has 6 atom stereocenters. The van der Waals surface area contributed by atoms with Gasteiger partial charge in [-0.1, -0.05) is 230 Å². The van der Waals surface area contributed by atoms with Crippen molar-refractivity contribution in [3.63, 3.8) is 0 Å². The molecule has 0 saturated carbocycles. The average molecular weight is 1060 g/mol. The predicted octanol–water partition coefficient (Wildman–Crippen LogP) is 15.8. The van der Waals surface area contributed by atoms with Crippen molar-refractivity contribution in [1.82, 2.24) is 0 Å². The third-order valence-electron chi connectivity index (χ3n) is 13.9. The minimum Gasteiger partial charge on any atom is -0.479 e. The van der Waals surface area contributed by atoms with E-state index in [0.29, 0.717) is 19.3 Å². The molecule has 0 aromatic carbocycles. The van der Waals surface area contributed by atoms with E-state index in [1.165, 1.54) is 116 Å². The number of esters is 3. The zero-order chi connectivity index (χ0) is 54.7. The largest absolute Gasteiger partial charge is 0.479 e. The van der Waals surface area contributed by atoms with Gasteiger partial charge in [-0.2, -0.15) is 0 Å². The lowest BCUT2D eigenvalue weighted by Gasteiger charge is -2.40. The summed E-state index contributed by atoms with van der Waals surface area (Å²) in [6.45, 7) is 5.91. The topological polar surface area (TPSA) is 175 Å². The summed E-state index contributed by atoms with van der Waals surface area (Å²) >= 11 is 0. The van der Waals surface area contributed by atoms with Crippen molar-refractivity contribution in [3.05, 3.63) is 48.6 Å². The molecular weight excluding hydrogens is 949 g/mol. The van der Waals surface area contributed by atoms with Crippen LogP contribution in [0.2, 0.25) is 0 Å². The molecule has 0 aliphatic carbocycles. The summed E-state index contributed by atoms with van der Waals surface area (Å²) in [5, 5.41) is 31.5. The number of unbranched alkanes of at least 4 members (excludes halogenated alkanes) is 30. The highest BCUT2D eigenvalue weighted by Crippen LogP contribution is 2.26. The van der Waals surface area contributed by atoms with E-state index in [4.69, 9.17) is 23.7 Å². The number of aliphatic hydroxyl groups excluding tert-OH is 2. The minimum absolute atomic E-state index is 0.0457. The number of hydrogen-bond acceptors (Lipinski definition) is 11. The first kappa shape index (κ1) is 69.7. The van der Waals surface area contributed by atoms with Gasteiger partial charge >= 0.3 is 23.9 Å². The molecule has 0 aromatic heterocycles. The van der Waals surface area contributed by atoms with E-state index in [2.05, 4.69) is 69.4 Å². The maximum Gasteiger partial charge on any atom is 0.335 e. The maximum atomic E-state index is 13.1. The molecular formula is C63H110O12. The molecule has 3 N–H and O–H groups in total. The van der Waals surface area contributed by atoms with E-state index in [1.807, 2.05) is 0 Å². The Morgan fingerprint density at radius 2 is 0.827 bits per heavy atom. The number of carboxylic acid groups (broad SMARTS) is 1. The van der Waals surface area contributed by atoms with Gasteiger partial charge in [-0.25, -0.2) is 4.79 Å². The van der Waals surface area contributed by atoms with Crippen molar-refractivity contribution in [1.29, 1.82) is 0 Å². The number of carboxylic acids is 1. The van der Waals surface area contributed by atoms with E-state index in [0.717, 1.165) is 103 Å². The molecule has 1 fully saturated rings. The van der Waals surface area contributed by atoms with Crippen molar-refractivity contribution in [3.8, 4) is 0 Å². The maximum absolute atomic E-state index is 13.1. The van der Waals surface area contributed by atoms with Crippen molar-refractivity contribution in [2.24, 2.45) is 0 Å². The van der Waals surface area contributed by atoms with Gasteiger partial charge in [-0.15, -0.1) is 0 Å². The minimum atomic E-state index is -1.91. The van der Waals surface area contributed by atoms with Crippen LogP contribution in [-0.2, 0) is 42.9 Å². The quantitative estimate of drug-likeness (QED) is 0.0228. The van der Waals surface area contributed by atoms with Crippen LogP contribution in [0.15, 0.2) is 48.6 Å². The zero-order valence-corrected chi connectivity index (χ0v) is 47.8. The fourth-order valence-corrected chi connectivity index (χ4v) is 9.14. The number of carbonyl (C=O) groups is 4. The first-order valence-electron chi connectivity index (χ1n) is 30.6. The second kappa shape index (κ2) is 51.4. The summed E-state index contributed by atoms with van der Waals surface area (Å²) < 4.78 is 28.4. The molecule has 0 amide bonds. The lowest BCUT2D eigenvalue weighted by molar-refractivity contribution is -0.301. The first-order valence-corrected chi connectivity index (χ1v) is 30.6. The van der Waals surface area contributed by atoms with Gasteiger partial charge in [0.1, 0.15) is 18.8 Å². The van der Waals surface area contributed by atoms with Gasteiger partial charge in [0.2, 0.25) is 0 Å². The van der Waals surface area contributed by atoms with E-state index in [1.54, 1.807) is 0 Å². The van der Waals surface area contributed by atoms with Crippen LogP contribution in [0.5, 0.6) is 0 Å². The summed E-state index contributed by atoms with van der Waals surface area (Å²) in [6.07, 6.45) is 49.3. The summed E-state index contributed by atoms with van der Waals surface area (Å²) in [5.74, 6) is -3.12. The average Bonchev–Trinajstić information content (AvgIpc) is 3.39. The number of hydrogen-bond donors (Lipinski definition) is 3. The smallest absolute Gasteiger partial charge is 0.335 e. The standard InChI is InChI=1S/C63H110O12/c1-4-7-10-13-16-19-22-25-26-27-28-29-30-33-34-37-40-43-46-49-55(64)71-52-54(73-56(65)50-47-44-41-38-35-31-23-20-17-14-11-8-5-2)53-72-63-61(59(68)58(67)60(75-63)62(69)70)74-57(66)51-48-45-42-39-36-32-24-21-18-15-12-9-6-3/h12,15-16,19,21,24-26,54,58-61,63,67-68H,4-11,13-14,17-18,20,22-23,27-53H2,1-3H3,(H,69,70)/b15-12-,19-16-,24-21-,26-25-. The fraction of sp³-hybridized carbons (Fsp3) is 0.810. The molecule has 1 rings (SSSR count). The number of aliphatic carboxylic acids is 1. The zero-order valence-electron chi connectivity index (χ0n) is 47.8. The molecule has 0 spiro atoms. The van der Waals surface area contributed by atoms with Gasteiger partial charge in [0, 0.05) is 19.3 Å². The van der Waals surface area contributed by atoms with Crippen LogP contribution in [0.25, 0.3) is 0 Å². The molecule has 12 heteroatoms. The van der Waals surface area contributed by atoms with Gasteiger partial charge in [0.25, 0.3) is 0 Å². The van der Waals surface area contributed by atoms with E-state index < -0.39 is 67.3 Å². The molecule has 12 nitrogen and oxygen atoms in total. The second-order valence-corrected chi connectivity index (χ2v) is 21.0. The molecule has 1 aliphatic rings. The summed E-state index contributed by atoms with van der Waals surface area (Å²) in [7, 11) is 0. The highest BCUT2D eigenvalue weighted by Gasteiger charge is 2.50. The Hall–Kier alpha value is -3.32. The monoisotopic (exact) mass is 1060 g/mol. The second-order valence-electron chi connectivity index (χ2n) is 21.0. The van der Waals surface area contributed by atoms with E-state index in [9.17, 15) is 34.5 Å². The van der Waals surface area contributed by atoms with Gasteiger partial charge in [0.05, 0.1) is 6.61 Å². The predicted molar refractivity (Wildman–Crippen MR) is 303 cm³/mol. The number of carbonyl (C=O) groups excluding carboxylic acids is 3. The molecule has 1 saturated heterocycles. The van der Waals surface area contributed by atoms with E-state index in [-0.39, 0.29) is 25.9 Å². The summed E-state index contributed by atoms with van der Waals surface area (Å²) in [6, 6.07) is 0. The Bertz CT molecular complexity index is 1490. The number of aliphatic hydroxyl groups is 2. The Labute approximate surface area is 456 Å². The van der Waals surface area contributed by atoms with Crippen LogP contribution < -0.4 is 0 Å². The highest BCUT2D eigenvalue weighted by molar-refractivity contribution is 5.74. The lowest BCUT2D eigenvalue weighted by Crippen LogP contribution is -2.61. The summed E-state index contributed by atoms with van der Waals surface area (Å²) in [4.78, 5) is 51.1. The van der Waals surface area contributed by atoms with Gasteiger partial charge < -0.3 is 39.0 Å². The van der Waals surface area contributed by atoms with Crippen molar-refractivity contribution >= 4 is 23.9 Å². The highest BCUT2D eigenvalue weighted by atomic mass is 16.7. The van der Waals surface area contributed by atoms with Crippen LogP contribution >= 0.6 is 0 Å². The van der Waals surface area contributed by atoms with Crippen molar-refractivity contribution in [2.75, 3.05) is 13.2 Å². The summed E-state index contributed by atoms with van der Waals surface area (Å²) in [5.41, 5.74) is 0. The molecule has 0 bridgehead atoms. The van der Waals surface area contributed by atoms with Crippen LogP contribution in [0.3, 0.4) is 0 Å². The van der Waals surface area contributed by atoms with Crippen LogP contribution in [0.4, 0.5) is 0 Å². The first-order chi connectivity index (χ1) is 36.6. The SMILES string of the molecule is CCC/C=C\C/C=C\CCCCCCCC(=O)OC1C(OCC(COC(=O)CCCCCCCCCCC/C=C\C/C=C\CCCCC)OC(=O)CCCCCCCCCCCCCCC)OC(C(=O)O)C(O)C1O. The number of ether oxygens (including phenoxy) is 5. The van der Waals surface area contributed by atoms with E-state index >= 15 is 0 Å². The molecule has 0 aromatic rings. The third kappa shape index (κ3) is 41.5. The van der Waals surface area contributed by atoms with Crippen molar-refractivity contribution < 1.29 is 58.2 Å². The van der Waals surface area contributed by atoms with Crippen molar-refractivity contribution in [2.45, 2.75) is 314 Å². The Morgan fingerprint density at radius 3 is 1.28 bits per heavy atom. The van der Waals surface area contributed by atoms with Crippen LogP contribution in [-0.4, -0.2) is 89.2 Å². The third-order valence-corrected chi connectivity index (χ3v) is 13.9. The van der Waals surface area contributed by atoms with Gasteiger partial charge in [-0.3, -0.25) is 14.4 Å². The molecule has 0 radical (unpaired) electrons. The van der Waals surface area contributed by atoms with Gasteiger partial charge in [0.15, 0.2) is 24.6 Å². The molecule has 434 valence electrons. The Morgan fingerprint density at radius 1 is 0.440 bits per heavy atom. The molecule has 6 unspecified atom stereocenters. The number of rotatable bonds is 52. The molecule has 75 heavy (non-hydrogen) atoms. The number of allylic oxidation sites excluding steroid dienone is 8. The molecule has 1 aliphatic heterocycles. The van der Waals surface area contributed by atoms with Crippen LogP contribution in [0.1, 0.15) is 278 Å². The normalized spacial score (nSPS) is 18.4. The lowest BCUT2D eigenvalue weighted by atomic mass is 9.98. The van der Waals surface area contributed by atoms with Gasteiger partial charge in [-0.05, 0) is 77.0 Å². The van der Waals surface area contributed by atoms with Crippen LogP contribution in [0, 0.1) is 0 Å². The molecule has 1 heterocycles. The Kier molecular flexibility index (Phi) is 47.8. The fourth-order valence-electron chi connectivity index (χ4n) is 9.14.